The van der Waals surface area contributed by atoms with Crippen molar-refractivity contribution >= 4 is 32.7 Å². The lowest BCUT2D eigenvalue weighted by Crippen LogP contribution is -2.31. The Hall–Kier alpha value is -3.17. The van der Waals surface area contributed by atoms with Crippen molar-refractivity contribution in [3.63, 3.8) is 0 Å². The average molecular weight is 368 g/mol. The fourth-order valence-electron chi connectivity index (χ4n) is 4.08. The maximum atomic E-state index is 9.89. The Morgan fingerprint density at radius 2 is 1.68 bits per heavy atom. The molecule has 0 aliphatic carbocycles. The number of hydrogen-bond donors (Lipinski definition) is 1. The molecule has 1 atom stereocenters. The molecule has 0 saturated carbocycles. The second-order valence-corrected chi connectivity index (χ2v) is 7.57. The number of nitrogens with zero attached hydrogens (tertiary/aromatic N) is 1. The lowest BCUT2D eigenvalue weighted by molar-refractivity contribution is -0.661. The third kappa shape index (κ3) is 2.51. The Morgan fingerprint density at radius 3 is 2.39 bits per heavy atom. The van der Waals surface area contributed by atoms with Gasteiger partial charge in [0.15, 0.2) is 6.20 Å². The molecule has 5 rings (SSSR count). The van der Waals surface area contributed by atoms with Gasteiger partial charge in [0.05, 0.1) is 11.7 Å². The van der Waals surface area contributed by atoms with Crippen molar-refractivity contribution in [2.45, 2.75) is 20.0 Å². The van der Waals surface area contributed by atoms with E-state index in [4.69, 9.17) is 4.42 Å². The van der Waals surface area contributed by atoms with E-state index in [-0.39, 0.29) is 0 Å². The summed E-state index contributed by atoms with van der Waals surface area (Å²) in [5.74, 6) is 0. The molecular weight excluding hydrogens is 346 g/mol. The second-order valence-electron chi connectivity index (χ2n) is 7.57. The zero-order valence-electron chi connectivity index (χ0n) is 16.2. The molecule has 3 heteroatoms. The first-order chi connectivity index (χ1) is 13.5. The van der Waals surface area contributed by atoms with Crippen molar-refractivity contribution < 1.29 is 14.1 Å². The molecule has 0 spiro atoms. The maximum absolute atomic E-state index is 9.89. The van der Waals surface area contributed by atoms with E-state index in [0.29, 0.717) is 0 Å². The normalized spacial score (nSPS) is 12.9. The molecule has 0 amide bonds. The smallest absolute Gasteiger partial charge is 0.216 e. The minimum absolute atomic E-state index is 0.490. The van der Waals surface area contributed by atoms with E-state index in [0.717, 1.165) is 44.3 Å². The van der Waals surface area contributed by atoms with Crippen LogP contribution in [0.2, 0.25) is 0 Å². The van der Waals surface area contributed by atoms with Crippen LogP contribution in [0, 0.1) is 6.92 Å². The number of furan rings is 1. The van der Waals surface area contributed by atoms with Crippen LogP contribution in [0.25, 0.3) is 44.0 Å². The van der Waals surface area contributed by atoms with E-state index in [9.17, 15) is 5.11 Å². The minimum atomic E-state index is -0.490. The number of fused-ring (bicyclic) bond motifs is 4. The zero-order valence-corrected chi connectivity index (χ0v) is 16.2. The van der Waals surface area contributed by atoms with Gasteiger partial charge in [-0.05, 0) is 48.4 Å². The largest absolute Gasteiger partial charge is 0.455 e. The summed E-state index contributed by atoms with van der Waals surface area (Å²) < 4.78 is 8.46. The molecule has 28 heavy (non-hydrogen) atoms. The van der Waals surface area contributed by atoms with Gasteiger partial charge in [0.1, 0.15) is 18.2 Å². The molecule has 0 saturated heterocycles. The fourth-order valence-corrected chi connectivity index (χ4v) is 4.08. The lowest BCUT2D eigenvalue weighted by atomic mass is 9.99. The number of aromatic nitrogens is 1. The number of hydrogen-bond acceptors (Lipinski definition) is 2. The maximum Gasteiger partial charge on any atom is 0.216 e. The van der Waals surface area contributed by atoms with Crippen LogP contribution in [0.5, 0.6) is 0 Å². The number of rotatable bonds is 2. The van der Waals surface area contributed by atoms with Crippen molar-refractivity contribution in [2.75, 3.05) is 0 Å². The Bertz CT molecular complexity index is 1360. The third-order valence-corrected chi connectivity index (χ3v) is 5.61. The second kappa shape index (κ2) is 6.18. The first-order valence-corrected chi connectivity index (χ1v) is 9.55. The summed E-state index contributed by atoms with van der Waals surface area (Å²) in [6, 6.07) is 21.1. The van der Waals surface area contributed by atoms with Gasteiger partial charge in [0, 0.05) is 22.4 Å². The summed E-state index contributed by atoms with van der Waals surface area (Å²) in [5, 5.41) is 14.5. The summed E-state index contributed by atoms with van der Waals surface area (Å²) >= 11 is 0. The SMILES string of the molecule is Cc1ccc2c(oc3cc4ccccc4cc32)c1-c1ccc(C(C)O)c[n+]1C. The van der Waals surface area contributed by atoms with Crippen LogP contribution in [-0.4, -0.2) is 5.11 Å². The predicted molar refractivity (Wildman–Crippen MR) is 113 cm³/mol. The van der Waals surface area contributed by atoms with Crippen molar-refractivity contribution in [2.24, 2.45) is 7.05 Å². The Kier molecular flexibility index (Phi) is 3.74. The van der Waals surface area contributed by atoms with Crippen LogP contribution < -0.4 is 4.57 Å². The highest BCUT2D eigenvalue weighted by Gasteiger charge is 2.21. The zero-order chi connectivity index (χ0) is 19.4. The first kappa shape index (κ1) is 17.0. The fraction of sp³-hybridized carbons (Fsp3) is 0.160. The van der Waals surface area contributed by atoms with Gasteiger partial charge in [-0.1, -0.05) is 36.4 Å². The van der Waals surface area contributed by atoms with Crippen molar-refractivity contribution in [3.05, 3.63) is 78.0 Å². The standard InChI is InChI=1S/C25H22NO2/c1-15-8-10-20-21-12-17-6-4-5-7-18(17)13-23(21)28-25(20)24(15)22-11-9-19(16(2)27)14-26(22)3/h4-14,16,27H,1-3H3/q+1. The number of aliphatic hydroxyl groups excluding tert-OH is 1. The minimum Gasteiger partial charge on any atom is -0.455 e. The van der Waals surface area contributed by atoms with Crippen molar-refractivity contribution in [1.29, 1.82) is 0 Å². The summed E-state index contributed by atoms with van der Waals surface area (Å²) in [4.78, 5) is 0. The van der Waals surface area contributed by atoms with E-state index in [2.05, 4.69) is 66.1 Å². The molecule has 138 valence electrons. The van der Waals surface area contributed by atoms with Gasteiger partial charge in [-0.2, -0.15) is 0 Å². The average Bonchev–Trinajstić information content (AvgIpc) is 3.03. The van der Waals surface area contributed by atoms with Gasteiger partial charge in [0.2, 0.25) is 5.69 Å². The summed E-state index contributed by atoms with van der Waals surface area (Å²) in [6.45, 7) is 3.89. The molecule has 0 aliphatic rings. The highest BCUT2D eigenvalue weighted by atomic mass is 16.3. The van der Waals surface area contributed by atoms with E-state index in [1.165, 1.54) is 10.8 Å². The molecule has 2 aromatic heterocycles. The molecule has 0 bridgehead atoms. The Labute approximate surface area is 163 Å². The van der Waals surface area contributed by atoms with Gasteiger partial charge in [-0.25, -0.2) is 4.57 Å². The molecule has 0 radical (unpaired) electrons. The van der Waals surface area contributed by atoms with E-state index < -0.39 is 6.10 Å². The van der Waals surface area contributed by atoms with Crippen LogP contribution >= 0.6 is 0 Å². The van der Waals surface area contributed by atoms with E-state index in [1.54, 1.807) is 6.92 Å². The predicted octanol–water partition coefficient (Wildman–Crippen LogP) is 5.59. The number of aliphatic hydroxyl groups is 1. The Morgan fingerprint density at radius 1 is 0.929 bits per heavy atom. The molecule has 0 fully saturated rings. The highest BCUT2D eigenvalue weighted by molar-refractivity contribution is 6.13. The van der Waals surface area contributed by atoms with Gasteiger partial charge in [-0.3, -0.25) is 0 Å². The molecule has 3 aromatic carbocycles. The topological polar surface area (TPSA) is 37.3 Å². The van der Waals surface area contributed by atoms with E-state index in [1.807, 2.05) is 19.3 Å². The van der Waals surface area contributed by atoms with Crippen LogP contribution in [0.15, 0.2) is 71.3 Å². The lowest BCUT2D eigenvalue weighted by Gasteiger charge is -2.08. The number of benzene rings is 3. The summed E-state index contributed by atoms with van der Waals surface area (Å²) in [5.41, 5.74) is 6.03. The molecule has 0 aliphatic heterocycles. The summed E-state index contributed by atoms with van der Waals surface area (Å²) in [7, 11) is 2.01. The third-order valence-electron chi connectivity index (χ3n) is 5.61. The quantitative estimate of drug-likeness (QED) is 0.412. The molecule has 5 aromatic rings. The van der Waals surface area contributed by atoms with Crippen LogP contribution in [-0.2, 0) is 7.05 Å². The molecule has 3 nitrogen and oxygen atoms in total. The first-order valence-electron chi connectivity index (χ1n) is 9.55. The summed E-state index contributed by atoms with van der Waals surface area (Å²) in [6.07, 6.45) is 1.49. The van der Waals surface area contributed by atoms with Gasteiger partial charge < -0.3 is 9.52 Å². The van der Waals surface area contributed by atoms with Gasteiger partial charge in [-0.15, -0.1) is 0 Å². The van der Waals surface area contributed by atoms with Crippen LogP contribution in [0.1, 0.15) is 24.2 Å². The molecule has 1 N–H and O–H groups in total. The molecule has 1 unspecified atom stereocenters. The van der Waals surface area contributed by atoms with Crippen LogP contribution in [0.3, 0.4) is 0 Å². The van der Waals surface area contributed by atoms with Gasteiger partial charge >= 0.3 is 0 Å². The van der Waals surface area contributed by atoms with E-state index >= 15 is 0 Å². The van der Waals surface area contributed by atoms with Crippen LogP contribution in [0.4, 0.5) is 0 Å². The van der Waals surface area contributed by atoms with Crippen molar-refractivity contribution in [1.82, 2.24) is 0 Å². The van der Waals surface area contributed by atoms with Crippen molar-refractivity contribution in [3.8, 4) is 11.3 Å². The van der Waals surface area contributed by atoms with Gasteiger partial charge in [0.25, 0.3) is 0 Å². The molecule has 2 heterocycles. The number of pyridine rings is 1. The highest BCUT2D eigenvalue weighted by Crippen LogP contribution is 2.38. The molecular formula is C25H22NO2+. The number of aryl methyl sites for hydroxylation is 2. The monoisotopic (exact) mass is 368 g/mol. The Balaban J connectivity index is 1.84.